The van der Waals surface area contributed by atoms with Gasteiger partial charge in [0.1, 0.15) is 5.82 Å². The van der Waals surface area contributed by atoms with Crippen LogP contribution in [0.15, 0.2) is 24.3 Å². The van der Waals surface area contributed by atoms with Crippen LogP contribution < -0.4 is 5.32 Å². The summed E-state index contributed by atoms with van der Waals surface area (Å²) in [6.07, 6.45) is 4.65. The predicted molar refractivity (Wildman–Crippen MR) is 108 cm³/mol. The Morgan fingerprint density at radius 1 is 1.00 bits per heavy atom. The van der Waals surface area contributed by atoms with Crippen LogP contribution >= 0.6 is 0 Å². The third kappa shape index (κ3) is 5.52. The number of para-hydroxylation sites is 1. The fourth-order valence-corrected chi connectivity index (χ4v) is 3.89. The zero-order chi connectivity index (χ0) is 19.9. The second-order valence-electron chi connectivity index (χ2n) is 7.75. The Bertz CT molecular complexity index is 668. The molecule has 2 saturated heterocycles. The molecule has 0 aliphatic carbocycles. The highest BCUT2D eigenvalue weighted by Gasteiger charge is 2.27. The highest BCUT2D eigenvalue weighted by Crippen LogP contribution is 2.15. The minimum atomic E-state index is -0.431. The van der Waals surface area contributed by atoms with E-state index in [9.17, 15) is 14.0 Å². The highest BCUT2D eigenvalue weighted by atomic mass is 19.1. The summed E-state index contributed by atoms with van der Waals surface area (Å²) >= 11 is 0. The van der Waals surface area contributed by atoms with E-state index in [1.165, 1.54) is 18.9 Å². The van der Waals surface area contributed by atoms with Crippen LogP contribution in [0.25, 0.3) is 0 Å². The fraction of sp³-hybridized carbons (Fsp3) is 0.619. The first kappa shape index (κ1) is 20.7. The number of amides is 2. The summed E-state index contributed by atoms with van der Waals surface area (Å²) in [6, 6.07) is 5.85. The summed E-state index contributed by atoms with van der Waals surface area (Å²) in [6.45, 7) is 7.03. The number of hydrogen-bond donors (Lipinski definition) is 1. The van der Waals surface area contributed by atoms with Crippen molar-refractivity contribution in [3.05, 3.63) is 30.1 Å². The van der Waals surface area contributed by atoms with E-state index in [0.717, 1.165) is 52.1 Å². The topological polar surface area (TPSA) is 55.9 Å². The molecule has 1 aromatic carbocycles. The van der Waals surface area contributed by atoms with Crippen LogP contribution in [-0.2, 0) is 9.59 Å². The molecule has 0 bridgehead atoms. The zero-order valence-electron chi connectivity index (χ0n) is 16.7. The van der Waals surface area contributed by atoms with Crippen molar-refractivity contribution in [2.24, 2.45) is 0 Å². The summed E-state index contributed by atoms with van der Waals surface area (Å²) in [7, 11) is 0. The molecule has 1 N–H and O–H groups in total. The molecule has 1 aromatic rings. The standard InChI is InChI=1S/C21H31FN4O2/c1-17(21(28)23-19-9-5-4-8-18(19)22)25-14-12-24(13-15-25)16-20(27)26-10-6-2-3-7-11-26/h4-5,8-9,17H,2-3,6-7,10-16H2,1H3,(H,23,28). The maximum Gasteiger partial charge on any atom is 0.241 e. The van der Waals surface area contributed by atoms with Gasteiger partial charge in [0, 0.05) is 39.3 Å². The maximum atomic E-state index is 13.7. The molecule has 2 fully saturated rings. The highest BCUT2D eigenvalue weighted by molar-refractivity contribution is 5.94. The molecule has 0 aromatic heterocycles. The molecular formula is C21H31FN4O2. The van der Waals surface area contributed by atoms with E-state index < -0.39 is 5.82 Å². The summed E-state index contributed by atoms with van der Waals surface area (Å²) < 4.78 is 13.7. The van der Waals surface area contributed by atoms with Gasteiger partial charge in [-0.25, -0.2) is 4.39 Å². The minimum Gasteiger partial charge on any atom is -0.342 e. The number of hydrogen-bond acceptors (Lipinski definition) is 4. The molecule has 3 rings (SSSR count). The van der Waals surface area contributed by atoms with Gasteiger partial charge in [0.2, 0.25) is 11.8 Å². The largest absolute Gasteiger partial charge is 0.342 e. The van der Waals surface area contributed by atoms with Crippen molar-refractivity contribution >= 4 is 17.5 Å². The van der Waals surface area contributed by atoms with Crippen molar-refractivity contribution in [2.45, 2.75) is 38.6 Å². The summed E-state index contributed by atoms with van der Waals surface area (Å²) in [4.78, 5) is 31.3. The van der Waals surface area contributed by atoms with E-state index in [0.29, 0.717) is 6.54 Å². The van der Waals surface area contributed by atoms with Gasteiger partial charge in [0.25, 0.3) is 0 Å². The van der Waals surface area contributed by atoms with Gasteiger partial charge in [-0.2, -0.15) is 0 Å². The molecule has 28 heavy (non-hydrogen) atoms. The maximum absolute atomic E-state index is 13.7. The molecule has 7 heteroatoms. The second kappa shape index (κ2) is 9.98. The molecule has 1 atom stereocenters. The van der Waals surface area contributed by atoms with E-state index in [1.54, 1.807) is 18.2 Å². The number of anilines is 1. The van der Waals surface area contributed by atoms with Crippen molar-refractivity contribution in [3.63, 3.8) is 0 Å². The third-order valence-corrected chi connectivity index (χ3v) is 5.78. The first-order chi connectivity index (χ1) is 13.5. The van der Waals surface area contributed by atoms with E-state index in [4.69, 9.17) is 0 Å². The number of benzene rings is 1. The number of carbonyl (C=O) groups is 2. The smallest absolute Gasteiger partial charge is 0.241 e. The van der Waals surface area contributed by atoms with Crippen LogP contribution in [0.5, 0.6) is 0 Å². The van der Waals surface area contributed by atoms with Crippen molar-refractivity contribution in [2.75, 3.05) is 51.1 Å². The molecular weight excluding hydrogens is 359 g/mol. The lowest BCUT2D eigenvalue weighted by Gasteiger charge is -2.37. The molecule has 154 valence electrons. The van der Waals surface area contributed by atoms with Gasteiger partial charge in [0.05, 0.1) is 18.3 Å². The second-order valence-corrected chi connectivity index (χ2v) is 7.75. The Balaban J connectivity index is 1.44. The Hall–Kier alpha value is -1.99. The zero-order valence-corrected chi connectivity index (χ0v) is 16.7. The van der Waals surface area contributed by atoms with Crippen molar-refractivity contribution < 1.29 is 14.0 Å². The van der Waals surface area contributed by atoms with E-state index in [-0.39, 0.29) is 23.5 Å². The number of halogens is 1. The molecule has 6 nitrogen and oxygen atoms in total. The molecule has 2 aliphatic heterocycles. The molecule has 0 spiro atoms. The van der Waals surface area contributed by atoms with Crippen molar-refractivity contribution in [1.29, 1.82) is 0 Å². The van der Waals surface area contributed by atoms with Crippen molar-refractivity contribution in [1.82, 2.24) is 14.7 Å². The molecule has 1 unspecified atom stereocenters. The van der Waals surface area contributed by atoms with Gasteiger partial charge in [-0.1, -0.05) is 25.0 Å². The Morgan fingerprint density at radius 2 is 1.64 bits per heavy atom. The quantitative estimate of drug-likeness (QED) is 0.837. The van der Waals surface area contributed by atoms with Gasteiger partial charge in [0.15, 0.2) is 0 Å². The van der Waals surface area contributed by atoms with Crippen LogP contribution in [-0.4, -0.2) is 78.4 Å². The first-order valence-corrected chi connectivity index (χ1v) is 10.3. The van der Waals surface area contributed by atoms with Crippen molar-refractivity contribution in [3.8, 4) is 0 Å². The van der Waals surface area contributed by atoms with Crippen LogP contribution in [0.1, 0.15) is 32.6 Å². The summed E-state index contributed by atoms with van der Waals surface area (Å²) in [5, 5.41) is 2.67. The summed E-state index contributed by atoms with van der Waals surface area (Å²) in [5.74, 6) is -0.417. The minimum absolute atomic E-state index is 0.209. The fourth-order valence-electron chi connectivity index (χ4n) is 3.89. The SMILES string of the molecule is CC(C(=O)Nc1ccccc1F)N1CCN(CC(=O)N2CCCCCC2)CC1. The normalized spacial score (nSPS) is 20.4. The summed E-state index contributed by atoms with van der Waals surface area (Å²) in [5.41, 5.74) is 0.209. The number of carbonyl (C=O) groups excluding carboxylic acids is 2. The van der Waals surface area contributed by atoms with Gasteiger partial charge in [-0.15, -0.1) is 0 Å². The number of piperazine rings is 1. The third-order valence-electron chi connectivity index (χ3n) is 5.78. The van der Waals surface area contributed by atoms with E-state index >= 15 is 0 Å². The average Bonchev–Trinajstić information content (AvgIpc) is 2.99. The molecule has 2 heterocycles. The number of nitrogens with one attached hydrogen (secondary N) is 1. The van der Waals surface area contributed by atoms with Gasteiger partial charge < -0.3 is 10.2 Å². The Morgan fingerprint density at radius 3 is 2.29 bits per heavy atom. The number of rotatable bonds is 5. The molecule has 2 aliphatic rings. The first-order valence-electron chi connectivity index (χ1n) is 10.3. The van der Waals surface area contributed by atoms with E-state index in [1.807, 2.05) is 11.8 Å². The van der Waals surface area contributed by atoms with Crippen LogP contribution in [0, 0.1) is 5.82 Å². The predicted octanol–water partition coefficient (Wildman–Crippen LogP) is 2.17. The van der Waals surface area contributed by atoms with E-state index in [2.05, 4.69) is 15.1 Å². The van der Waals surface area contributed by atoms with Gasteiger partial charge in [-0.05, 0) is 31.9 Å². The molecule has 2 amide bonds. The molecule has 0 radical (unpaired) electrons. The van der Waals surface area contributed by atoms with Gasteiger partial charge >= 0.3 is 0 Å². The lowest BCUT2D eigenvalue weighted by Crippen LogP contribution is -2.54. The average molecular weight is 391 g/mol. The van der Waals surface area contributed by atoms with Gasteiger partial charge in [-0.3, -0.25) is 19.4 Å². The lowest BCUT2D eigenvalue weighted by atomic mass is 10.2. The van der Waals surface area contributed by atoms with Crippen LogP contribution in [0.3, 0.4) is 0 Å². The van der Waals surface area contributed by atoms with Crippen LogP contribution in [0.4, 0.5) is 10.1 Å². The number of nitrogens with zero attached hydrogens (tertiary/aromatic N) is 3. The Labute approximate surface area is 166 Å². The Kier molecular flexibility index (Phi) is 7.39. The monoisotopic (exact) mass is 390 g/mol. The lowest BCUT2D eigenvalue weighted by molar-refractivity contribution is -0.133. The van der Waals surface area contributed by atoms with Crippen LogP contribution in [0.2, 0.25) is 0 Å². The molecule has 0 saturated carbocycles. The number of likely N-dealkylation sites (tertiary alicyclic amines) is 1.